The van der Waals surface area contributed by atoms with Crippen molar-refractivity contribution in [2.45, 2.75) is 45.6 Å². The largest absolute Gasteiger partial charge is 0.368 e. The molecular weight excluding hydrogens is 485 g/mol. The third-order valence-corrected chi connectivity index (χ3v) is 5.99. The van der Waals surface area contributed by atoms with Gasteiger partial charge in [0.25, 0.3) is 5.91 Å². The normalized spacial score (nSPS) is 23.7. The number of hydrogen-bond donors (Lipinski definition) is 1. The van der Waals surface area contributed by atoms with E-state index in [0.29, 0.717) is 12.5 Å². The average molecular weight is 521 g/mol. The van der Waals surface area contributed by atoms with Gasteiger partial charge < -0.3 is 24.8 Å². The smallest absolute Gasteiger partial charge is 0.251 e. The van der Waals surface area contributed by atoms with Crippen LogP contribution in [0.25, 0.3) is 0 Å². The molecule has 1 unspecified atom stereocenters. The van der Waals surface area contributed by atoms with Crippen molar-refractivity contribution >= 4 is 41.8 Å². The van der Waals surface area contributed by atoms with Gasteiger partial charge in [-0.25, -0.2) is 0 Å². The van der Waals surface area contributed by atoms with E-state index in [1.807, 2.05) is 9.80 Å². The Balaban J connectivity index is 0.00000300. The van der Waals surface area contributed by atoms with Crippen LogP contribution >= 0.6 is 24.0 Å². The predicted molar refractivity (Wildman–Crippen MR) is 123 cm³/mol. The minimum Gasteiger partial charge on any atom is -0.368 e. The minimum atomic E-state index is -0.227. The van der Waals surface area contributed by atoms with Crippen LogP contribution < -0.4 is 5.32 Å². The zero-order valence-corrected chi connectivity index (χ0v) is 20.1. The zero-order chi connectivity index (χ0) is 19.9. The maximum atomic E-state index is 12.5. The molecule has 0 aromatic rings. The predicted octanol–water partition coefficient (Wildman–Crippen LogP) is 1.15. The first-order valence-corrected chi connectivity index (χ1v) is 10.8. The van der Waals surface area contributed by atoms with E-state index in [1.165, 1.54) is 0 Å². The summed E-state index contributed by atoms with van der Waals surface area (Å²) in [5.41, 5.74) is 0. The number of carbonyl (C=O) groups is 2. The van der Waals surface area contributed by atoms with Gasteiger partial charge in [0, 0.05) is 65.9 Å². The highest BCUT2D eigenvalue weighted by Gasteiger charge is 2.31. The lowest BCUT2D eigenvalue weighted by Crippen LogP contribution is -2.55. The fraction of sp³-hybridized carbons (Fsp3) is 0.850. The number of amides is 2. The molecule has 29 heavy (non-hydrogen) atoms. The topological polar surface area (TPSA) is 77.5 Å². The summed E-state index contributed by atoms with van der Waals surface area (Å²) in [6.07, 6.45) is 3.65. The Morgan fingerprint density at radius 2 is 1.66 bits per heavy atom. The monoisotopic (exact) mass is 521 g/mol. The first-order valence-electron chi connectivity index (χ1n) is 10.8. The molecule has 0 bridgehead atoms. The fourth-order valence-electron chi connectivity index (χ4n) is 4.19. The third-order valence-electron chi connectivity index (χ3n) is 5.99. The van der Waals surface area contributed by atoms with E-state index < -0.39 is 0 Å². The van der Waals surface area contributed by atoms with Crippen LogP contribution in [0.1, 0.15) is 39.5 Å². The van der Waals surface area contributed by atoms with Crippen molar-refractivity contribution in [3.63, 3.8) is 0 Å². The highest BCUT2D eigenvalue weighted by Crippen LogP contribution is 2.18. The Bertz CT molecular complexity index is 566. The number of likely N-dealkylation sites (tertiary alicyclic amines) is 1. The minimum absolute atomic E-state index is 0. The van der Waals surface area contributed by atoms with Crippen LogP contribution in [0.5, 0.6) is 0 Å². The maximum absolute atomic E-state index is 12.5. The van der Waals surface area contributed by atoms with Crippen LogP contribution in [0, 0.1) is 5.92 Å². The zero-order valence-electron chi connectivity index (χ0n) is 17.8. The first kappa shape index (κ1) is 24.2. The molecule has 0 spiro atoms. The number of nitrogens with one attached hydrogen (secondary N) is 1. The van der Waals surface area contributed by atoms with Crippen molar-refractivity contribution in [2.24, 2.45) is 10.9 Å². The molecule has 0 radical (unpaired) electrons. The molecule has 0 saturated carbocycles. The van der Waals surface area contributed by atoms with Gasteiger partial charge >= 0.3 is 0 Å². The van der Waals surface area contributed by atoms with Gasteiger partial charge in [0.1, 0.15) is 6.10 Å². The van der Waals surface area contributed by atoms with E-state index in [9.17, 15) is 9.59 Å². The molecule has 8 nitrogen and oxygen atoms in total. The quantitative estimate of drug-likeness (QED) is 0.342. The van der Waals surface area contributed by atoms with Gasteiger partial charge in [-0.15, -0.1) is 24.0 Å². The highest BCUT2D eigenvalue weighted by atomic mass is 127. The first-order chi connectivity index (χ1) is 13.6. The lowest BCUT2D eigenvalue weighted by atomic mass is 9.97. The summed E-state index contributed by atoms with van der Waals surface area (Å²) in [6, 6.07) is 0. The number of piperazine rings is 1. The molecule has 0 aromatic heterocycles. The van der Waals surface area contributed by atoms with Crippen molar-refractivity contribution in [3.05, 3.63) is 0 Å². The number of ether oxygens (including phenoxy) is 1. The van der Waals surface area contributed by atoms with Gasteiger partial charge in [-0.1, -0.05) is 0 Å². The van der Waals surface area contributed by atoms with Crippen LogP contribution in [0.2, 0.25) is 0 Å². The summed E-state index contributed by atoms with van der Waals surface area (Å²) in [5.74, 6) is 1.80. The Labute approximate surface area is 191 Å². The number of aliphatic imine (C=N–C) groups is 1. The summed E-state index contributed by atoms with van der Waals surface area (Å²) >= 11 is 0. The third kappa shape index (κ3) is 6.70. The Morgan fingerprint density at radius 1 is 1.00 bits per heavy atom. The van der Waals surface area contributed by atoms with Crippen molar-refractivity contribution in [1.29, 1.82) is 0 Å². The van der Waals surface area contributed by atoms with E-state index in [1.54, 1.807) is 6.92 Å². The van der Waals surface area contributed by atoms with Crippen LogP contribution in [-0.2, 0) is 14.3 Å². The second kappa shape index (κ2) is 11.9. The molecule has 3 rings (SSSR count). The fourth-order valence-corrected chi connectivity index (χ4v) is 4.19. The van der Waals surface area contributed by atoms with E-state index in [4.69, 9.17) is 9.73 Å². The van der Waals surface area contributed by atoms with Gasteiger partial charge in [0.15, 0.2) is 5.96 Å². The molecule has 166 valence electrons. The van der Waals surface area contributed by atoms with Crippen LogP contribution in [0.15, 0.2) is 4.99 Å². The van der Waals surface area contributed by atoms with E-state index in [2.05, 4.69) is 17.1 Å². The summed E-state index contributed by atoms with van der Waals surface area (Å²) < 4.78 is 5.54. The number of halogens is 1. The molecule has 3 heterocycles. The number of guanidine groups is 1. The number of rotatable bonds is 4. The Morgan fingerprint density at radius 3 is 2.21 bits per heavy atom. The van der Waals surface area contributed by atoms with Crippen molar-refractivity contribution in [1.82, 2.24) is 20.0 Å². The number of piperidine rings is 1. The molecule has 0 aliphatic carbocycles. The van der Waals surface area contributed by atoms with Gasteiger partial charge in [0.05, 0.1) is 0 Å². The van der Waals surface area contributed by atoms with Crippen LogP contribution in [0.3, 0.4) is 0 Å². The number of hydrogen-bond acceptors (Lipinski definition) is 4. The van der Waals surface area contributed by atoms with Gasteiger partial charge in [0.2, 0.25) is 5.91 Å². The molecule has 9 heteroatoms. The Kier molecular flexibility index (Phi) is 9.94. The molecule has 3 aliphatic heterocycles. The van der Waals surface area contributed by atoms with E-state index in [-0.39, 0.29) is 41.9 Å². The summed E-state index contributed by atoms with van der Waals surface area (Å²) in [6.45, 7) is 10.8. The molecule has 2 amide bonds. The maximum Gasteiger partial charge on any atom is 0.251 e. The summed E-state index contributed by atoms with van der Waals surface area (Å²) in [4.78, 5) is 35.0. The Hall–Kier alpha value is -1.10. The lowest BCUT2D eigenvalue weighted by molar-refractivity contribution is -0.142. The lowest BCUT2D eigenvalue weighted by Gasteiger charge is -2.37. The van der Waals surface area contributed by atoms with Crippen LogP contribution in [-0.4, -0.2) is 97.5 Å². The summed E-state index contributed by atoms with van der Waals surface area (Å²) in [7, 11) is 0. The van der Waals surface area contributed by atoms with Crippen LogP contribution in [0.4, 0.5) is 0 Å². The standard InChI is InChI=1S/C20H35N5O3.HI/c1-3-21-20(22-15-17-6-8-23(9-7-17)16(2)26)25-12-10-24(11-13-25)19(27)18-5-4-14-28-18;/h17-18H,3-15H2,1-2H3,(H,21,22);1H. The van der Waals surface area contributed by atoms with Gasteiger partial charge in [-0.2, -0.15) is 0 Å². The average Bonchev–Trinajstić information content (AvgIpc) is 3.26. The SMILES string of the molecule is CCNC(=NCC1CCN(C(C)=O)CC1)N1CCN(C(=O)C2CCCO2)CC1.I. The number of nitrogens with zero attached hydrogens (tertiary/aromatic N) is 4. The van der Waals surface area contributed by atoms with Gasteiger partial charge in [-0.05, 0) is 38.5 Å². The van der Waals surface area contributed by atoms with Crippen molar-refractivity contribution in [2.75, 3.05) is 59.0 Å². The molecule has 1 N–H and O–H groups in total. The molecule has 3 saturated heterocycles. The highest BCUT2D eigenvalue weighted by molar-refractivity contribution is 14.0. The molecule has 3 aliphatic rings. The molecular formula is C20H36IN5O3. The van der Waals surface area contributed by atoms with E-state index >= 15 is 0 Å². The van der Waals surface area contributed by atoms with Crippen molar-refractivity contribution < 1.29 is 14.3 Å². The second-order valence-electron chi connectivity index (χ2n) is 7.96. The molecule has 0 aromatic carbocycles. The van der Waals surface area contributed by atoms with Gasteiger partial charge in [-0.3, -0.25) is 14.6 Å². The summed E-state index contributed by atoms with van der Waals surface area (Å²) in [5, 5.41) is 3.40. The molecule has 3 fully saturated rings. The van der Waals surface area contributed by atoms with Crippen molar-refractivity contribution in [3.8, 4) is 0 Å². The van der Waals surface area contributed by atoms with E-state index in [0.717, 1.165) is 84.0 Å². The molecule has 1 atom stereocenters. The number of carbonyl (C=O) groups excluding carboxylic acids is 2. The second-order valence-corrected chi connectivity index (χ2v) is 7.96.